The van der Waals surface area contributed by atoms with Crippen LogP contribution in [0.2, 0.25) is 0 Å². The molecule has 0 atom stereocenters. The fraction of sp³-hybridized carbons (Fsp3) is 0.385. The zero-order chi connectivity index (χ0) is 13.0. The molecule has 1 heterocycles. The molecule has 0 saturated carbocycles. The largest absolute Gasteiger partial charge is 0.465 e. The highest BCUT2D eigenvalue weighted by molar-refractivity contribution is 5.96. The predicted molar refractivity (Wildman–Crippen MR) is 63.9 cm³/mol. The van der Waals surface area contributed by atoms with E-state index in [1.165, 1.54) is 0 Å². The highest BCUT2D eigenvalue weighted by atomic mass is 16.5. The third-order valence-electron chi connectivity index (χ3n) is 2.68. The lowest BCUT2D eigenvalue weighted by Crippen LogP contribution is -2.30. The van der Waals surface area contributed by atoms with Gasteiger partial charge in [-0.05, 0) is 30.2 Å². The van der Waals surface area contributed by atoms with Gasteiger partial charge in [0.2, 0.25) is 0 Å². The highest BCUT2D eigenvalue weighted by Crippen LogP contribution is 2.20. The number of ether oxygens (including phenoxy) is 2. The van der Waals surface area contributed by atoms with E-state index in [-0.39, 0.29) is 12.5 Å². The van der Waals surface area contributed by atoms with E-state index < -0.39 is 5.97 Å². The van der Waals surface area contributed by atoms with Gasteiger partial charge >= 0.3 is 5.97 Å². The molecule has 1 aliphatic rings. The van der Waals surface area contributed by atoms with E-state index in [0.717, 1.165) is 11.1 Å². The summed E-state index contributed by atoms with van der Waals surface area (Å²) in [7, 11) is 0. The van der Waals surface area contributed by atoms with E-state index in [1.54, 1.807) is 19.1 Å². The second-order valence-corrected chi connectivity index (χ2v) is 3.96. The summed E-state index contributed by atoms with van der Waals surface area (Å²) in [5.41, 5.74) is 2.67. The minimum atomic E-state index is -0.435. The Morgan fingerprint density at radius 2 is 2.11 bits per heavy atom. The van der Waals surface area contributed by atoms with Gasteiger partial charge in [-0.25, -0.2) is 0 Å². The predicted octanol–water partition coefficient (Wildman–Crippen LogP) is 1.01. The van der Waals surface area contributed by atoms with Crippen LogP contribution < -0.4 is 5.32 Å². The van der Waals surface area contributed by atoms with Gasteiger partial charge in [0.15, 0.2) is 0 Å². The van der Waals surface area contributed by atoms with Crippen LogP contribution >= 0.6 is 0 Å². The number of rotatable bonds is 4. The number of amides is 1. The van der Waals surface area contributed by atoms with Crippen molar-refractivity contribution < 1.29 is 19.1 Å². The molecule has 0 unspecified atom stereocenters. The van der Waals surface area contributed by atoms with Crippen molar-refractivity contribution in [1.82, 2.24) is 5.32 Å². The Morgan fingerprint density at radius 3 is 2.89 bits per heavy atom. The first-order chi connectivity index (χ1) is 8.70. The van der Waals surface area contributed by atoms with E-state index in [9.17, 15) is 9.59 Å². The van der Waals surface area contributed by atoms with Crippen molar-refractivity contribution >= 4 is 11.9 Å². The van der Waals surface area contributed by atoms with Gasteiger partial charge in [-0.15, -0.1) is 0 Å². The molecular formula is C13H15NO4. The van der Waals surface area contributed by atoms with Crippen LogP contribution in [0.4, 0.5) is 0 Å². The quantitative estimate of drug-likeness (QED) is 0.809. The number of fused-ring (bicyclic) bond motifs is 1. The van der Waals surface area contributed by atoms with Crippen molar-refractivity contribution in [2.24, 2.45) is 0 Å². The zero-order valence-electron chi connectivity index (χ0n) is 10.2. The van der Waals surface area contributed by atoms with E-state index in [0.29, 0.717) is 25.4 Å². The van der Waals surface area contributed by atoms with E-state index in [2.05, 4.69) is 5.32 Å². The van der Waals surface area contributed by atoms with Crippen molar-refractivity contribution in [2.75, 3.05) is 13.2 Å². The molecule has 0 fully saturated rings. The Labute approximate surface area is 105 Å². The maximum Gasteiger partial charge on any atom is 0.325 e. The van der Waals surface area contributed by atoms with Crippen LogP contribution in [-0.4, -0.2) is 25.0 Å². The molecule has 5 heteroatoms. The summed E-state index contributed by atoms with van der Waals surface area (Å²) in [6, 6.07) is 5.40. The number of hydrogen-bond acceptors (Lipinski definition) is 4. The van der Waals surface area contributed by atoms with Gasteiger partial charge in [0.25, 0.3) is 5.91 Å². The lowest BCUT2D eigenvalue weighted by atomic mass is 10.1. The van der Waals surface area contributed by atoms with Crippen molar-refractivity contribution in [3.8, 4) is 0 Å². The molecule has 5 nitrogen and oxygen atoms in total. The molecule has 0 saturated heterocycles. The molecule has 0 spiro atoms. The molecule has 1 aromatic carbocycles. The van der Waals surface area contributed by atoms with Crippen LogP contribution in [0.5, 0.6) is 0 Å². The fourth-order valence-corrected chi connectivity index (χ4v) is 1.78. The first-order valence-corrected chi connectivity index (χ1v) is 5.84. The second kappa shape index (κ2) is 5.64. The summed E-state index contributed by atoms with van der Waals surface area (Å²) in [5.74, 6) is -0.715. The van der Waals surface area contributed by atoms with Crippen molar-refractivity contribution in [3.63, 3.8) is 0 Å². The Kier molecular flexibility index (Phi) is 3.94. The third kappa shape index (κ3) is 2.87. The number of nitrogens with one attached hydrogen (secondary N) is 1. The number of esters is 1. The minimum Gasteiger partial charge on any atom is -0.465 e. The molecule has 1 N–H and O–H groups in total. The molecule has 96 valence electrons. The summed E-state index contributed by atoms with van der Waals surface area (Å²) in [5, 5.41) is 2.52. The normalized spacial score (nSPS) is 12.9. The number of hydrogen-bond donors (Lipinski definition) is 1. The number of benzene rings is 1. The Balaban J connectivity index is 1.95. The van der Waals surface area contributed by atoms with Gasteiger partial charge < -0.3 is 14.8 Å². The average Bonchev–Trinajstić information content (AvgIpc) is 2.83. The van der Waals surface area contributed by atoms with Crippen LogP contribution in [-0.2, 0) is 27.5 Å². The van der Waals surface area contributed by atoms with Crippen molar-refractivity contribution in [3.05, 3.63) is 34.9 Å². The van der Waals surface area contributed by atoms with E-state index in [1.807, 2.05) is 6.07 Å². The molecule has 1 aliphatic heterocycles. The highest BCUT2D eigenvalue weighted by Gasteiger charge is 2.14. The molecule has 1 aromatic rings. The van der Waals surface area contributed by atoms with Gasteiger partial charge in [0.1, 0.15) is 6.54 Å². The average molecular weight is 249 g/mol. The van der Waals surface area contributed by atoms with Crippen LogP contribution in [0.3, 0.4) is 0 Å². The van der Waals surface area contributed by atoms with Crippen molar-refractivity contribution in [2.45, 2.75) is 20.1 Å². The molecule has 0 aliphatic carbocycles. The standard InChI is InChI=1S/C13H15NO4/c1-2-18-12(15)6-14-13(16)9-3-4-10-7-17-8-11(10)5-9/h3-5H,2,6-8H2,1H3,(H,14,16). The number of carbonyl (C=O) groups is 2. The zero-order valence-corrected chi connectivity index (χ0v) is 10.2. The van der Waals surface area contributed by atoms with E-state index >= 15 is 0 Å². The van der Waals surface area contributed by atoms with Gasteiger partial charge in [0, 0.05) is 5.56 Å². The van der Waals surface area contributed by atoms with Crippen LogP contribution in [0.25, 0.3) is 0 Å². The second-order valence-electron chi connectivity index (χ2n) is 3.96. The van der Waals surface area contributed by atoms with Crippen LogP contribution in [0.1, 0.15) is 28.4 Å². The van der Waals surface area contributed by atoms with Crippen molar-refractivity contribution in [1.29, 1.82) is 0 Å². The van der Waals surface area contributed by atoms with Crippen LogP contribution in [0.15, 0.2) is 18.2 Å². The SMILES string of the molecule is CCOC(=O)CNC(=O)c1ccc2c(c1)COC2. The molecule has 2 rings (SSSR count). The molecular weight excluding hydrogens is 234 g/mol. The smallest absolute Gasteiger partial charge is 0.325 e. The van der Waals surface area contributed by atoms with E-state index in [4.69, 9.17) is 9.47 Å². The van der Waals surface area contributed by atoms with Gasteiger partial charge in [-0.3, -0.25) is 9.59 Å². The Bertz CT molecular complexity index is 470. The maximum absolute atomic E-state index is 11.8. The van der Waals surface area contributed by atoms with Gasteiger partial charge in [0.05, 0.1) is 19.8 Å². The number of carbonyl (C=O) groups excluding carboxylic acids is 2. The Morgan fingerprint density at radius 1 is 1.33 bits per heavy atom. The maximum atomic E-state index is 11.8. The fourth-order valence-electron chi connectivity index (χ4n) is 1.78. The summed E-state index contributed by atoms with van der Waals surface area (Å²) in [4.78, 5) is 22.9. The summed E-state index contributed by atoms with van der Waals surface area (Å²) >= 11 is 0. The Hall–Kier alpha value is -1.88. The molecule has 0 radical (unpaired) electrons. The minimum absolute atomic E-state index is 0.111. The lowest BCUT2D eigenvalue weighted by Gasteiger charge is -2.06. The molecule has 0 aromatic heterocycles. The van der Waals surface area contributed by atoms with Gasteiger partial charge in [-0.1, -0.05) is 6.07 Å². The third-order valence-corrected chi connectivity index (χ3v) is 2.68. The molecule has 1 amide bonds. The summed E-state index contributed by atoms with van der Waals surface area (Å²) in [6.45, 7) is 3.06. The molecule has 0 bridgehead atoms. The topological polar surface area (TPSA) is 64.6 Å². The summed E-state index contributed by atoms with van der Waals surface area (Å²) < 4.78 is 10.0. The van der Waals surface area contributed by atoms with Gasteiger partial charge in [-0.2, -0.15) is 0 Å². The lowest BCUT2D eigenvalue weighted by molar-refractivity contribution is -0.141. The monoisotopic (exact) mass is 249 g/mol. The first kappa shape index (κ1) is 12.6. The summed E-state index contributed by atoms with van der Waals surface area (Å²) in [6.07, 6.45) is 0. The molecule has 18 heavy (non-hydrogen) atoms. The van der Waals surface area contributed by atoms with Crippen LogP contribution in [0, 0.1) is 0 Å². The first-order valence-electron chi connectivity index (χ1n) is 5.84.